The zero-order valence-corrected chi connectivity index (χ0v) is 11.6. The summed E-state index contributed by atoms with van der Waals surface area (Å²) in [6.07, 6.45) is 1.81. The summed E-state index contributed by atoms with van der Waals surface area (Å²) in [4.78, 5) is 6.54. The summed E-state index contributed by atoms with van der Waals surface area (Å²) in [5.41, 5.74) is 1.06. The Bertz CT molecular complexity index is 328. The minimum Gasteiger partial charge on any atom is -0.359 e. The number of hydrogen-bond acceptors (Lipinski definition) is 2. The molecule has 0 aromatic carbocycles. The van der Waals surface area contributed by atoms with Crippen LogP contribution in [-0.2, 0) is 5.88 Å². The van der Waals surface area contributed by atoms with Gasteiger partial charge in [0.15, 0.2) is 0 Å². The molecule has 1 heterocycles. The molecule has 0 aliphatic carbocycles. The second-order valence-corrected chi connectivity index (χ2v) is 5.23. The van der Waals surface area contributed by atoms with Crippen LogP contribution in [0.5, 0.6) is 0 Å². The van der Waals surface area contributed by atoms with Gasteiger partial charge in [-0.3, -0.25) is 0 Å². The van der Waals surface area contributed by atoms with Crippen LogP contribution in [0.3, 0.4) is 0 Å². The summed E-state index contributed by atoms with van der Waals surface area (Å²) in [6.45, 7) is 5.37. The molecule has 0 radical (unpaired) electrons. The van der Waals surface area contributed by atoms with Crippen molar-refractivity contribution in [1.29, 1.82) is 0 Å². The maximum atomic E-state index is 5.90. The molecule has 4 heteroatoms. The number of nitrogens with zero attached hydrogens (tertiary/aromatic N) is 2. The van der Waals surface area contributed by atoms with Gasteiger partial charge >= 0.3 is 0 Å². The van der Waals surface area contributed by atoms with Gasteiger partial charge in [0.05, 0.1) is 5.88 Å². The first-order valence-corrected chi connectivity index (χ1v) is 6.29. The lowest BCUT2D eigenvalue weighted by molar-refractivity contribution is 0.633. The molecule has 0 amide bonds. The van der Waals surface area contributed by atoms with Gasteiger partial charge in [-0.2, -0.15) is 0 Å². The van der Waals surface area contributed by atoms with E-state index < -0.39 is 0 Å². The van der Waals surface area contributed by atoms with E-state index in [9.17, 15) is 0 Å². The number of halogens is 2. The Morgan fingerprint density at radius 3 is 2.73 bits per heavy atom. The summed E-state index contributed by atoms with van der Waals surface area (Å²) >= 11 is 9.29. The fourth-order valence-corrected chi connectivity index (χ4v) is 2.13. The lowest BCUT2D eigenvalue weighted by Crippen LogP contribution is -2.24. The molecular formula is C11H16BrClN2. The Labute approximate surface area is 105 Å². The SMILES string of the molecule is CC(C)CN(C)c1ncc(Br)cc1CCl. The van der Waals surface area contributed by atoms with Gasteiger partial charge in [-0.15, -0.1) is 11.6 Å². The van der Waals surface area contributed by atoms with E-state index in [1.165, 1.54) is 0 Å². The second-order valence-electron chi connectivity index (χ2n) is 4.04. The molecular weight excluding hydrogens is 275 g/mol. The summed E-state index contributed by atoms with van der Waals surface area (Å²) < 4.78 is 0.972. The maximum absolute atomic E-state index is 5.90. The number of anilines is 1. The average molecular weight is 292 g/mol. The Hall–Kier alpha value is -0.280. The molecule has 0 saturated carbocycles. The smallest absolute Gasteiger partial charge is 0.132 e. The highest BCUT2D eigenvalue weighted by Gasteiger charge is 2.10. The van der Waals surface area contributed by atoms with E-state index in [-0.39, 0.29) is 0 Å². The fraction of sp³-hybridized carbons (Fsp3) is 0.545. The van der Waals surface area contributed by atoms with Crippen molar-refractivity contribution in [1.82, 2.24) is 4.98 Å². The van der Waals surface area contributed by atoms with E-state index in [0.29, 0.717) is 11.8 Å². The second kappa shape index (κ2) is 5.71. The van der Waals surface area contributed by atoms with Crippen LogP contribution >= 0.6 is 27.5 Å². The van der Waals surface area contributed by atoms with Crippen molar-refractivity contribution in [2.24, 2.45) is 5.92 Å². The number of pyridine rings is 1. The standard InChI is InChI=1S/C11H16BrClN2/c1-8(2)7-15(3)11-9(5-13)4-10(12)6-14-11/h4,6,8H,5,7H2,1-3H3. The summed E-state index contributed by atoms with van der Waals surface area (Å²) in [5.74, 6) is 2.08. The normalized spacial score (nSPS) is 10.8. The highest BCUT2D eigenvalue weighted by molar-refractivity contribution is 9.10. The van der Waals surface area contributed by atoms with Gasteiger partial charge in [-0.05, 0) is 27.9 Å². The molecule has 0 aliphatic rings. The summed E-state index contributed by atoms with van der Waals surface area (Å²) in [7, 11) is 2.05. The van der Waals surface area contributed by atoms with E-state index in [1.807, 2.05) is 19.3 Å². The van der Waals surface area contributed by atoms with Gasteiger partial charge in [0.2, 0.25) is 0 Å². The van der Waals surface area contributed by atoms with Crippen LogP contribution in [0.25, 0.3) is 0 Å². The predicted molar refractivity (Wildman–Crippen MR) is 69.6 cm³/mol. The molecule has 0 atom stereocenters. The quantitative estimate of drug-likeness (QED) is 0.787. The van der Waals surface area contributed by atoms with Gasteiger partial charge in [0.1, 0.15) is 5.82 Å². The van der Waals surface area contributed by atoms with Crippen molar-refractivity contribution < 1.29 is 0 Å². The predicted octanol–water partition coefficient (Wildman–Crippen LogP) is 3.68. The first kappa shape index (κ1) is 12.8. The Morgan fingerprint density at radius 1 is 1.53 bits per heavy atom. The van der Waals surface area contributed by atoms with Crippen molar-refractivity contribution >= 4 is 33.3 Å². The topological polar surface area (TPSA) is 16.1 Å². The average Bonchev–Trinajstić information content (AvgIpc) is 2.16. The first-order chi connectivity index (χ1) is 7.04. The molecule has 0 fully saturated rings. The molecule has 0 bridgehead atoms. The summed E-state index contributed by atoms with van der Waals surface area (Å²) in [6, 6.07) is 2.02. The number of alkyl halides is 1. The zero-order chi connectivity index (χ0) is 11.4. The first-order valence-electron chi connectivity index (χ1n) is 4.96. The van der Waals surface area contributed by atoms with Crippen LogP contribution in [0.4, 0.5) is 5.82 Å². The molecule has 0 saturated heterocycles. The van der Waals surface area contributed by atoms with E-state index >= 15 is 0 Å². The van der Waals surface area contributed by atoms with Crippen LogP contribution in [0.15, 0.2) is 16.7 Å². The van der Waals surface area contributed by atoms with Gasteiger partial charge in [-0.25, -0.2) is 4.98 Å². The molecule has 1 rings (SSSR count). The highest BCUT2D eigenvalue weighted by Crippen LogP contribution is 2.22. The van der Waals surface area contributed by atoms with Crippen molar-refractivity contribution in [3.05, 3.63) is 22.3 Å². The lowest BCUT2D eigenvalue weighted by Gasteiger charge is -2.22. The third-order valence-electron chi connectivity index (χ3n) is 2.05. The molecule has 0 N–H and O–H groups in total. The summed E-state index contributed by atoms with van der Waals surface area (Å²) in [5, 5.41) is 0. The van der Waals surface area contributed by atoms with Crippen LogP contribution in [0.2, 0.25) is 0 Å². The molecule has 1 aromatic rings. The molecule has 0 aliphatic heterocycles. The Balaban J connectivity index is 2.92. The molecule has 2 nitrogen and oxygen atoms in total. The van der Waals surface area contributed by atoms with Gasteiger partial charge < -0.3 is 4.90 Å². The number of aromatic nitrogens is 1. The van der Waals surface area contributed by atoms with E-state index in [4.69, 9.17) is 11.6 Å². The van der Waals surface area contributed by atoms with Crippen molar-refractivity contribution in [3.63, 3.8) is 0 Å². The van der Waals surface area contributed by atoms with Crippen LogP contribution in [0.1, 0.15) is 19.4 Å². The lowest BCUT2D eigenvalue weighted by atomic mass is 10.2. The van der Waals surface area contributed by atoms with E-state index in [1.54, 1.807) is 0 Å². The third-order valence-corrected chi connectivity index (χ3v) is 2.78. The van der Waals surface area contributed by atoms with E-state index in [0.717, 1.165) is 22.4 Å². The van der Waals surface area contributed by atoms with Crippen LogP contribution < -0.4 is 4.90 Å². The van der Waals surface area contributed by atoms with E-state index in [2.05, 4.69) is 39.7 Å². The van der Waals surface area contributed by atoms with Crippen molar-refractivity contribution in [2.75, 3.05) is 18.5 Å². The molecule has 15 heavy (non-hydrogen) atoms. The third kappa shape index (κ3) is 3.65. The zero-order valence-electron chi connectivity index (χ0n) is 9.30. The monoisotopic (exact) mass is 290 g/mol. The van der Waals surface area contributed by atoms with Gasteiger partial charge in [-0.1, -0.05) is 13.8 Å². The minimum atomic E-state index is 0.490. The number of rotatable bonds is 4. The number of hydrogen-bond donors (Lipinski definition) is 0. The molecule has 84 valence electrons. The minimum absolute atomic E-state index is 0.490. The van der Waals surface area contributed by atoms with Crippen molar-refractivity contribution in [3.8, 4) is 0 Å². The largest absolute Gasteiger partial charge is 0.359 e. The van der Waals surface area contributed by atoms with Gasteiger partial charge in [0.25, 0.3) is 0 Å². The van der Waals surface area contributed by atoms with Crippen molar-refractivity contribution in [2.45, 2.75) is 19.7 Å². The Kier molecular flexibility index (Phi) is 4.87. The molecule has 1 aromatic heterocycles. The van der Waals surface area contributed by atoms with Gasteiger partial charge in [0, 0.05) is 29.8 Å². The Morgan fingerprint density at radius 2 is 2.20 bits per heavy atom. The molecule has 0 unspecified atom stereocenters. The molecule has 0 spiro atoms. The maximum Gasteiger partial charge on any atom is 0.132 e. The van der Waals surface area contributed by atoms with Crippen LogP contribution in [0, 0.1) is 5.92 Å². The van der Waals surface area contributed by atoms with Crippen LogP contribution in [-0.4, -0.2) is 18.6 Å². The fourth-order valence-electron chi connectivity index (χ4n) is 1.55. The highest BCUT2D eigenvalue weighted by atomic mass is 79.9.